The number of hydrogen-bond donors (Lipinski definition) is 2. The zero-order valence-electron chi connectivity index (χ0n) is 30.4. The van der Waals surface area contributed by atoms with Gasteiger partial charge in [0.1, 0.15) is 0 Å². The largest absolute Gasteiger partial charge is 0.393 e. The summed E-state index contributed by atoms with van der Waals surface area (Å²) in [4.78, 5) is 25.3. The molecule has 0 radical (unpaired) electrons. The minimum Gasteiger partial charge on any atom is -0.393 e. The number of rotatable bonds is 7. The second-order valence-corrected chi connectivity index (χ2v) is 19.0. The van der Waals surface area contributed by atoms with Gasteiger partial charge in [0.05, 0.1) is 11.8 Å². The van der Waals surface area contributed by atoms with Crippen LogP contribution in [-0.4, -0.2) is 22.9 Å². The maximum Gasteiger partial charge on any atom is 0.221 e. The molecule has 0 spiro atoms. The molecular weight excluding hydrogens is 578 g/mol. The molecule has 5 unspecified atom stereocenters. The van der Waals surface area contributed by atoms with E-state index in [9.17, 15) is 14.7 Å². The number of amides is 1. The van der Waals surface area contributed by atoms with E-state index in [1.165, 1.54) is 89.5 Å². The van der Waals surface area contributed by atoms with Gasteiger partial charge in [-0.3, -0.25) is 9.59 Å². The average molecular weight is 642 g/mol. The summed E-state index contributed by atoms with van der Waals surface area (Å²) >= 11 is 0. The van der Waals surface area contributed by atoms with Crippen LogP contribution in [0.25, 0.3) is 0 Å². The quantitative estimate of drug-likeness (QED) is 0.230. The standard InChI is InChI=1S/C43H63NO3/c1-26(2)32-17-19-43(25-30-22-29(30)24-37(46)33-10-8-9-11-36(33)44-27(3)45)21-20-42(7)35(39(32)43)14-13-34-28-12-15-38(47)40(4,5)31(23-28)16-18-41(34,42)6/h8-11,28-32,34-35,38-39,47H,1,12-25H2,2-7H3,(H,44,45)/t28-,29?,30-,31?,32+,34?,35?,38+,39?,41-,42-,43-/m1/s1. The second-order valence-electron chi connectivity index (χ2n) is 19.0. The molecule has 6 aliphatic rings. The molecule has 0 aromatic heterocycles. The van der Waals surface area contributed by atoms with Crippen LogP contribution in [-0.2, 0) is 4.79 Å². The highest BCUT2D eigenvalue weighted by atomic mass is 16.3. The maximum absolute atomic E-state index is 13.5. The van der Waals surface area contributed by atoms with Crippen LogP contribution in [0.1, 0.15) is 142 Å². The van der Waals surface area contributed by atoms with Crippen molar-refractivity contribution < 1.29 is 14.7 Å². The Kier molecular flexibility index (Phi) is 8.45. The minimum absolute atomic E-state index is 0.0192. The van der Waals surface area contributed by atoms with E-state index in [4.69, 9.17) is 0 Å². The molecule has 0 saturated heterocycles. The smallest absolute Gasteiger partial charge is 0.221 e. The van der Waals surface area contributed by atoms with Crippen molar-refractivity contribution >= 4 is 17.4 Å². The van der Waals surface area contributed by atoms with Crippen molar-refractivity contribution in [3.05, 3.63) is 42.0 Å². The molecule has 47 heavy (non-hydrogen) atoms. The van der Waals surface area contributed by atoms with Crippen molar-refractivity contribution in [1.29, 1.82) is 0 Å². The highest BCUT2D eigenvalue weighted by Gasteiger charge is 2.68. The lowest BCUT2D eigenvalue weighted by Crippen LogP contribution is -2.59. The topological polar surface area (TPSA) is 66.4 Å². The number of hydrogen-bond acceptors (Lipinski definition) is 3. The molecule has 0 heterocycles. The van der Waals surface area contributed by atoms with E-state index in [0.717, 1.165) is 30.1 Å². The summed E-state index contributed by atoms with van der Waals surface area (Å²) in [6, 6.07) is 7.51. The van der Waals surface area contributed by atoms with Crippen LogP contribution in [0.15, 0.2) is 36.4 Å². The van der Waals surface area contributed by atoms with Crippen LogP contribution in [0.4, 0.5) is 5.69 Å². The Morgan fingerprint density at radius 1 is 0.851 bits per heavy atom. The summed E-state index contributed by atoms with van der Waals surface area (Å²) in [5.41, 5.74) is 3.83. The van der Waals surface area contributed by atoms with Gasteiger partial charge in [0, 0.05) is 18.9 Å². The van der Waals surface area contributed by atoms with E-state index < -0.39 is 0 Å². The van der Waals surface area contributed by atoms with Crippen molar-refractivity contribution in [2.75, 3.05) is 5.32 Å². The van der Waals surface area contributed by atoms with Crippen molar-refractivity contribution in [1.82, 2.24) is 0 Å². The van der Waals surface area contributed by atoms with Crippen LogP contribution >= 0.6 is 0 Å². The van der Waals surface area contributed by atoms with Crippen LogP contribution in [0.5, 0.6) is 0 Å². The fraction of sp³-hybridized carbons (Fsp3) is 0.767. The Balaban J connectivity index is 1.12. The number of aliphatic hydroxyl groups is 1. The van der Waals surface area contributed by atoms with E-state index >= 15 is 0 Å². The molecule has 2 bridgehead atoms. The number of aliphatic hydroxyl groups excluding tert-OH is 1. The molecule has 4 heteroatoms. The third-order valence-electron chi connectivity index (χ3n) is 16.6. The minimum atomic E-state index is -0.160. The lowest BCUT2D eigenvalue weighted by Gasteiger charge is -2.67. The number of ketones is 1. The highest BCUT2D eigenvalue weighted by molar-refractivity contribution is 6.04. The zero-order valence-corrected chi connectivity index (χ0v) is 30.4. The van der Waals surface area contributed by atoms with E-state index in [-0.39, 0.29) is 23.2 Å². The summed E-state index contributed by atoms with van der Waals surface area (Å²) in [5, 5.41) is 14.0. The van der Waals surface area contributed by atoms with Crippen LogP contribution in [0, 0.1) is 69.0 Å². The zero-order chi connectivity index (χ0) is 33.5. The van der Waals surface area contributed by atoms with E-state index in [1.54, 1.807) is 0 Å². The molecule has 12 atom stereocenters. The molecule has 2 N–H and O–H groups in total. The van der Waals surface area contributed by atoms with Crippen molar-refractivity contribution in [3.8, 4) is 0 Å². The van der Waals surface area contributed by atoms with Gasteiger partial charge in [-0.05, 0) is 172 Å². The lowest BCUT2D eigenvalue weighted by molar-refractivity contribution is -0.178. The molecule has 4 nitrogen and oxygen atoms in total. The Labute approximate surface area is 285 Å². The summed E-state index contributed by atoms with van der Waals surface area (Å²) in [6.45, 7) is 18.6. The molecule has 1 aromatic rings. The molecule has 6 aliphatic carbocycles. The Hall–Kier alpha value is -1.94. The van der Waals surface area contributed by atoms with Gasteiger partial charge in [-0.1, -0.05) is 52.0 Å². The van der Waals surface area contributed by atoms with E-state index in [0.29, 0.717) is 57.6 Å². The molecule has 258 valence electrons. The second kappa shape index (κ2) is 11.8. The Bertz CT molecular complexity index is 1410. The molecule has 1 amide bonds. The SMILES string of the molecule is C=C(C)[C@@H]1CC[C@]2(C[C@H]3CC3CC(=O)c3ccccc3NC(C)=O)CC[C@]3(C)C(CCC4[C@@H]5CC[C@H](O)C(C)(C)C(CC[C@]43C)C5)C12. The van der Waals surface area contributed by atoms with Gasteiger partial charge >= 0.3 is 0 Å². The van der Waals surface area contributed by atoms with Gasteiger partial charge in [0.25, 0.3) is 0 Å². The lowest BCUT2D eigenvalue weighted by atomic mass is 9.38. The van der Waals surface area contributed by atoms with Gasteiger partial charge in [0.15, 0.2) is 5.78 Å². The number of anilines is 1. The van der Waals surface area contributed by atoms with Crippen LogP contribution in [0.3, 0.4) is 0 Å². The molecule has 0 aliphatic heterocycles. The van der Waals surface area contributed by atoms with E-state index in [2.05, 4.69) is 46.5 Å². The third kappa shape index (κ3) is 5.41. The van der Waals surface area contributed by atoms with Gasteiger partial charge in [-0.15, -0.1) is 0 Å². The fourth-order valence-electron chi connectivity index (χ4n) is 13.6. The van der Waals surface area contributed by atoms with Crippen LogP contribution in [0.2, 0.25) is 0 Å². The number of para-hydroxylation sites is 1. The maximum atomic E-state index is 13.5. The number of allylic oxidation sites excluding steroid dienone is 1. The Morgan fingerprint density at radius 3 is 2.32 bits per heavy atom. The molecule has 6 saturated carbocycles. The van der Waals surface area contributed by atoms with Crippen molar-refractivity contribution in [2.45, 2.75) is 138 Å². The first kappa shape index (κ1) is 33.6. The van der Waals surface area contributed by atoms with Gasteiger partial charge in [0.2, 0.25) is 5.91 Å². The van der Waals surface area contributed by atoms with Crippen LogP contribution < -0.4 is 5.32 Å². The number of benzene rings is 1. The first-order valence-electron chi connectivity index (χ1n) is 19.4. The number of carbonyl (C=O) groups excluding carboxylic acids is 2. The van der Waals surface area contributed by atoms with E-state index in [1.807, 2.05) is 24.3 Å². The summed E-state index contributed by atoms with van der Waals surface area (Å²) < 4.78 is 0. The summed E-state index contributed by atoms with van der Waals surface area (Å²) in [5.74, 6) is 5.43. The van der Waals surface area contributed by atoms with Crippen molar-refractivity contribution in [2.24, 2.45) is 69.0 Å². The van der Waals surface area contributed by atoms with Crippen molar-refractivity contribution in [3.63, 3.8) is 0 Å². The number of fused-ring (bicyclic) bond motifs is 8. The highest BCUT2D eigenvalue weighted by Crippen LogP contribution is 2.75. The number of Topliss-reactive ketones (excluding diaryl/α,β-unsaturated/α-hetero) is 1. The molecule has 6 fully saturated rings. The van der Waals surface area contributed by atoms with Gasteiger partial charge in [-0.25, -0.2) is 0 Å². The first-order valence-corrected chi connectivity index (χ1v) is 19.4. The summed E-state index contributed by atoms with van der Waals surface area (Å²) in [6.07, 6.45) is 17.1. The summed E-state index contributed by atoms with van der Waals surface area (Å²) in [7, 11) is 0. The third-order valence-corrected chi connectivity index (χ3v) is 16.6. The monoisotopic (exact) mass is 641 g/mol. The molecular formula is C43H63NO3. The Morgan fingerprint density at radius 2 is 1.57 bits per heavy atom. The van der Waals surface area contributed by atoms with Gasteiger partial charge < -0.3 is 10.4 Å². The first-order chi connectivity index (χ1) is 22.2. The number of nitrogens with one attached hydrogen (secondary N) is 1. The number of carbonyl (C=O) groups is 2. The predicted octanol–water partition coefficient (Wildman–Crippen LogP) is 10.3. The molecule has 7 rings (SSSR count). The average Bonchev–Trinajstić information content (AvgIpc) is 3.67. The normalized spacial score (nSPS) is 45.0. The fourth-order valence-corrected chi connectivity index (χ4v) is 13.6. The predicted molar refractivity (Wildman–Crippen MR) is 191 cm³/mol. The van der Waals surface area contributed by atoms with Gasteiger partial charge in [-0.2, -0.15) is 0 Å². The molecule has 1 aromatic carbocycles.